The van der Waals surface area contributed by atoms with Gasteiger partial charge in [0, 0.05) is 12.2 Å². The van der Waals surface area contributed by atoms with E-state index in [1.807, 2.05) is 0 Å². The standard InChI is InChI=1S/C12H9FN2O2S/c13-10-2-1-8(5-9(10)6-14)7-15-11(16)3-4-18-12(15)17/h1-2,5H,3-4,7H2. The molecule has 1 aromatic rings. The van der Waals surface area contributed by atoms with Crippen LogP contribution in [0.1, 0.15) is 17.5 Å². The Hall–Kier alpha value is -1.87. The van der Waals surface area contributed by atoms with Crippen molar-refractivity contribution in [2.24, 2.45) is 0 Å². The second-order valence-corrected chi connectivity index (χ2v) is 4.82. The number of carbonyl (C=O) groups is 2. The van der Waals surface area contributed by atoms with Crippen molar-refractivity contribution in [2.75, 3.05) is 5.75 Å². The van der Waals surface area contributed by atoms with Crippen LogP contribution in [0.25, 0.3) is 0 Å². The van der Waals surface area contributed by atoms with Crippen LogP contribution in [0.4, 0.5) is 9.18 Å². The molecule has 0 unspecified atom stereocenters. The number of nitriles is 1. The molecule has 2 rings (SSSR count). The fourth-order valence-corrected chi connectivity index (χ4v) is 2.41. The summed E-state index contributed by atoms with van der Waals surface area (Å²) < 4.78 is 13.1. The third-order valence-corrected chi connectivity index (χ3v) is 3.43. The van der Waals surface area contributed by atoms with Gasteiger partial charge >= 0.3 is 0 Å². The van der Waals surface area contributed by atoms with Gasteiger partial charge in [-0.25, -0.2) is 4.39 Å². The Kier molecular flexibility index (Phi) is 3.63. The van der Waals surface area contributed by atoms with Gasteiger partial charge in [-0.2, -0.15) is 5.26 Å². The Morgan fingerprint density at radius 2 is 2.22 bits per heavy atom. The third kappa shape index (κ3) is 2.51. The number of hydrogen-bond donors (Lipinski definition) is 0. The smallest absolute Gasteiger partial charge is 0.274 e. The van der Waals surface area contributed by atoms with E-state index in [0.717, 1.165) is 16.7 Å². The van der Waals surface area contributed by atoms with Gasteiger partial charge in [0.15, 0.2) is 0 Å². The summed E-state index contributed by atoms with van der Waals surface area (Å²) in [4.78, 5) is 24.3. The van der Waals surface area contributed by atoms with Crippen molar-refractivity contribution in [3.63, 3.8) is 0 Å². The predicted molar refractivity (Wildman–Crippen MR) is 64.1 cm³/mol. The fraction of sp³-hybridized carbons (Fsp3) is 0.250. The van der Waals surface area contributed by atoms with E-state index in [1.165, 1.54) is 18.2 Å². The first-order chi connectivity index (χ1) is 8.61. The van der Waals surface area contributed by atoms with E-state index in [0.29, 0.717) is 17.7 Å². The molecule has 1 saturated heterocycles. The zero-order valence-corrected chi connectivity index (χ0v) is 10.2. The van der Waals surface area contributed by atoms with Crippen molar-refractivity contribution in [3.05, 3.63) is 35.1 Å². The minimum Gasteiger partial charge on any atom is -0.274 e. The quantitative estimate of drug-likeness (QED) is 0.822. The van der Waals surface area contributed by atoms with Gasteiger partial charge in [0.25, 0.3) is 5.24 Å². The highest BCUT2D eigenvalue weighted by Gasteiger charge is 2.26. The first-order valence-electron chi connectivity index (χ1n) is 5.27. The van der Waals surface area contributed by atoms with Crippen molar-refractivity contribution >= 4 is 22.9 Å². The molecule has 92 valence electrons. The van der Waals surface area contributed by atoms with Crippen LogP contribution in [-0.2, 0) is 11.3 Å². The molecule has 1 aliphatic heterocycles. The number of halogens is 1. The third-order valence-electron chi connectivity index (χ3n) is 2.55. The molecule has 0 aromatic heterocycles. The average Bonchev–Trinajstić information content (AvgIpc) is 2.36. The molecule has 1 aromatic carbocycles. The number of nitrogens with zero attached hydrogens (tertiary/aromatic N) is 2. The zero-order chi connectivity index (χ0) is 13.1. The number of thioether (sulfide) groups is 1. The molecule has 0 aliphatic carbocycles. The summed E-state index contributed by atoms with van der Waals surface area (Å²) in [5.74, 6) is -0.338. The minimum absolute atomic E-state index is 0.0830. The normalized spacial score (nSPS) is 15.7. The molecule has 2 amide bonds. The molecule has 1 heterocycles. The van der Waals surface area contributed by atoms with Crippen LogP contribution in [0.5, 0.6) is 0 Å². The Morgan fingerprint density at radius 3 is 2.89 bits per heavy atom. The topological polar surface area (TPSA) is 61.2 Å². The van der Waals surface area contributed by atoms with Gasteiger partial charge in [-0.05, 0) is 17.7 Å². The van der Waals surface area contributed by atoms with E-state index < -0.39 is 5.82 Å². The maximum atomic E-state index is 13.1. The van der Waals surface area contributed by atoms with Crippen LogP contribution >= 0.6 is 11.8 Å². The van der Waals surface area contributed by atoms with Crippen LogP contribution in [0.3, 0.4) is 0 Å². The number of imide groups is 1. The van der Waals surface area contributed by atoms with E-state index in [2.05, 4.69) is 0 Å². The molecule has 18 heavy (non-hydrogen) atoms. The van der Waals surface area contributed by atoms with Crippen molar-refractivity contribution in [3.8, 4) is 6.07 Å². The number of amides is 2. The maximum Gasteiger partial charge on any atom is 0.288 e. The number of benzene rings is 1. The lowest BCUT2D eigenvalue weighted by molar-refractivity contribution is -0.128. The van der Waals surface area contributed by atoms with Crippen molar-refractivity contribution in [1.82, 2.24) is 4.90 Å². The zero-order valence-electron chi connectivity index (χ0n) is 9.35. The molecule has 0 spiro atoms. The molecule has 6 heteroatoms. The lowest BCUT2D eigenvalue weighted by atomic mass is 10.1. The first kappa shape index (κ1) is 12.6. The molecule has 0 radical (unpaired) electrons. The van der Waals surface area contributed by atoms with Crippen LogP contribution in [0.15, 0.2) is 18.2 Å². The Balaban J connectivity index is 2.21. The summed E-state index contributed by atoms with van der Waals surface area (Å²) in [6.07, 6.45) is 0.322. The van der Waals surface area contributed by atoms with Crippen molar-refractivity contribution < 1.29 is 14.0 Å². The Morgan fingerprint density at radius 1 is 1.44 bits per heavy atom. The fourth-order valence-electron chi connectivity index (χ4n) is 1.63. The molecule has 0 saturated carbocycles. The van der Waals surface area contributed by atoms with E-state index in [9.17, 15) is 14.0 Å². The highest BCUT2D eigenvalue weighted by molar-refractivity contribution is 8.13. The number of hydrogen-bond acceptors (Lipinski definition) is 4. The van der Waals surface area contributed by atoms with Gasteiger partial charge in [-0.3, -0.25) is 14.5 Å². The van der Waals surface area contributed by atoms with E-state index in [1.54, 1.807) is 6.07 Å². The maximum absolute atomic E-state index is 13.1. The van der Waals surface area contributed by atoms with Gasteiger partial charge in [0.1, 0.15) is 11.9 Å². The summed E-state index contributed by atoms with van der Waals surface area (Å²) in [5.41, 5.74) is 0.481. The molecule has 4 nitrogen and oxygen atoms in total. The monoisotopic (exact) mass is 264 g/mol. The van der Waals surface area contributed by atoms with Gasteiger partial charge in [-0.15, -0.1) is 0 Å². The molecular formula is C12H9FN2O2S. The van der Waals surface area contributed by atoms with Gasteiger partial charge in [-0.1, -0.05) is 17.8 Å². The molecule has 1 aliphatic rings. The van der Waals surface area contributed by atoms with Crippen LogP contribution < -0.4 is 0 Å². The molecule has 0 atom stereocenters. The summed E-state index contributed by atoms with van der Waals surface area (Å²) in [6, 6.07) is 5.72. The van der Waals surface area contributed by atoms with Gasteiger partial charge in [0.2, 0.25) is 5.91 Å². The van der Waals surface area contributed by atoms with Crippen molar-refractivity contribution in [2.45, 2.75) is 13.0 Å². The van der Waals surface area contributed by atoms with Crippen LogP contribution in [0.2, 0.25) is 0 Å². The van der Waals surface area contributed by atoms with E-state index >= 15 is 0 Å². The lowest BCUT2D eigenvalue weighted by Crippen LogP contribution is -2.37. The predicted octanol–water partition coefficient (Wildman–Crippen LogP) is 2.28. The van der Waals surface area contributed by atoms with E-state index in [4.69, 9.17) is 5.26 Å². The minimum atomic E-state index is -0.605. The summed E-state index contributed by atoms with van der Waals surface area (Å²) in [5, 5.41) is 8.41. The number of carbonyl (C=O) groups excluding carboxylic acids is 2. The lowest BCUT2D eigenvalue weighted by Gasteiger charge is -2.24. The average molecular weight is 264 g/mol. The molecular weight excluding hydrogens is 255 g/mol. The van der Waals surface area contributed by atoms with Crippen LogP contribution in [-0.4, -0.2) is 21.8 Å². The SMILES string of the molecule is N#Cc1cc(CN2C(=O)CCSC2=O)ccc1F. The summed E-state index contributed by atoms with van der Waals surface area (Å²) >= 11 is 1.09. The Bertz CT molecular complexity index is 537. The highest BCUT2D eigenvalue weighted by Crippen LogP contribution is 2.21. The largest absolute Gasteiger partial charge is 0.288 e. The molecule has 0 bridgehead atoms. The molecule has 1 fully saturated rings. The van der Waals surface area contributed by atoms with Crippen molar-refractivity contribution in [1.29, 1.82) is 5.26 Å². The summed E-state index contributed by atoms with van der Waals surface area (Å²) in [7, 11) is 0. The van der Waals surface area contributed by atoms with Crippen LogP contribution in [0, 0.1) is 17.1 Å². The highest BCUT2D eigenvalue weighted by atomic mass is 32.2. The Labute approximate surface area is 107 Å². The number of rotatable bonds is 2. The summed E-state index contributed by atoms with van der Waals surface area (Å²) in [6.45, 7) is 0.0830. The van der Waals surface area contributed by atoms with Gasteiger partial charge in [0.05, 0.1) is 12.1 Å². The second-order valence-electron chi connectivity index (χ2n) is 3.77. The second kappa shape index (κ2) is 5.19. The van der Waals surface area contributed by atoms with E-state index in [-0.39, 0.29) is 23.3 Å². The first-order valence-corrected chi connectivity index (χ1v) is 6.26. The molecule has 0 N–H and O–H groups in total. The van der Waals surface area contributed by atoms with Gasteiger partial charge < -0.3 is 0 Å².